The summed E-state index contributed by atoms with van der Waals surface area (Å²) in [6, 6.07) is 4.58. The van der Waals surface area contributed by atoms with Crippen molar-refractivity contribution in [2.45, 2.75) is 45.4 Å². The highest BCUT2D eigenvalue weighted by Gasteiger charge is 2.26. The van der Waals surface area contributed by atoms with Gasteiger partial charge in [0.25, 0.3) is 0 Å². The first-order chi connectivity index (χ1) is 9.70. The van der Waals surface area contributed by atoms with E-state index in [4.69, 9.17) is 4.74 Å². The van der Waals surface area contributed by atoms with Gasteiger partial charge in [-0.05, 0) is 60.8 Å². The Bertz CT molecular complexity index is 524. The third-order valence-corrected chi connectivity index (χ3v) is 4.69. The second-order valence-corrected chi connectivity index (χ2v) is 5.90. The van der Waals surface area contributed by atoms with Gasteiger partial charge in [0.2, 0.25) is 0 Å². The van der Waals surface area contributed by atoms with Crippen LogP contribution in [-0.4, -0.2) is 30.7 Å². The molecule has 0 saturated carbocycles. The molecule has 0 N–H and O–H groups in total. The van der Waals surface area contributed by atoms with Crippen molar-refractivity contribution >= 4 is 6.09 Å². The number of ether oxygens (including phenoxy) is 1. The van der Waals surface area contributed by atoms with E-state index in [1.54, 1.807) is 5.56 Å². The van der Waals surface area contributed by atoms with Gasteiger partial charge in [0, 0.05) is 13.1 Å². The van der Waals surface area contributed by atoms with Crippen molar-refractivity contribution in [3.63, 3.8) is 0 Å². The van der Waals surface area contributed by atoms with Crippen LogP contribution in [0, 0.1) is 0 Å². The van der Waals surface area contributed by atoms with Gasteiger partial charge in [0.1, 0.15) is 0 Å². The maximum atomic E-state index is 11.9. The maximum absolute atomic E-state index is 11.9. The van der Waals surface area contributed by atoms with Crippen LogP contribution in [0.15, 0.2) is 12.1 Å². The van der Waals surface area contributed by atoms with Crippen LogP contribution >= 0.6 is 0 Å². The molecule has 20 heavy (non-hydrogen) atoms. The molecule has 1 aliphatic carbocycles. The number of benzene rings is 1. The summed E-state index contributed by atoms with van der Waals surface area (Å²) in [4.78, 5) is 13.8. The Morgan fingerprint density at radius 1 is 1.25 bits per heavy atom. The third kappa shape index (κ3) is 2.30. The minimum absolute atomic E-state index is 0.162. The molecule has 0 aromatic heterocycles. The van der Waals surface area contributed by atoms with Crippen LogP contribution in [0.1, 0.15) is 48.4 Å². The van der Waals surface area contributed by atoms with E-state index in [2.05, 4.69) is 19.1 Å². The number of hydrogen-bond acceptors (Lipinski definition) is 2. The zero-order valence-corrected chi connectivity index (χ0v) is 12.4. The summed E-state index contributed by atoms with van der Waals surface area (Å²) >= 11 is 0. The molecular formula is C17H23NO2. The van der Waals surface area contributed by atoms with E-state index in [-0.39, 0.29) is 6.09 Å². The first kappa shape index (κ1) is 13.5. The van der Waals surface area contributed by atoms with Gasteiger partial charge in [-0.2, -0.15) is 0 Å². The molecule has 108 valence electrons. The molecule has 0 spiro atoms. The van der Waals surface area contributed by atoms with E-state index < -0.39 is 0 Å². The van der Waals surface area contributed by atoms with E-state index in [0.29, 0.717) is 12.5 Å². The van der Waals surface area contributed by atoms with Crippen LogP contribution in [0.3, 0.4) is 0 Å². The lowest BCUT2D eigenvalue weighted by Gasteiger charge is -2.19. The molecule has 1 heterocycles. The van der Waals surface area contributed by atoms with Crippen LogP contribution in [0.25, 0.3) is 0 Å². The molecule has 0 bridgehead atoms. The minimum Gasteiger partial charge on any atom is -0.450 e. The Morgan fingerprint density at radius 2 is 2.00 bits per heavy atom. The van der Waals surface area contributed by atoms with Crippen LogP contribution in [0.5, 0.6) is 0 Å². The highest BCUT2D eigenvalue weighted by molar-refractivity contribution is 5.68. The summed E-state index contributed by atoms with van der Waals surface area (Å²) in [7, 11) is 0. The zero-order chi connectivity index (χ0) is 14.1. The summed E-state index contributed by atoms with van der Waals surface area (Å²) in [5, 5.41) is 0. The van der Waals surface area contributed by atoms with Gasteiger partial charge < -0.3 is 9.64 Å². The number of rotatable bonds is 1. The second-order valence-electron chi connectivity index (χ2n) is 5.90. The Labute approximate surface area is 120 Å². The van der Waals surface area contributed by atoms with E-state index >= 15 is 0 Å². The van der Waals surface area contributed by atoms with Gasteiger partial charge in [-0.15, -0.1) is 0 Å². The lowest BCUT2D eigenvalue weighted by molar-refractivity contribution is 0.109. The number of fused-ring (bicyclic) bond motifs is 3. The topological polar surface area (TPSA) is 29.5 Å². The molecule has 0 radical (unpaired) electrons. The normalized spacial score (nSPS) is 21.1. The molecule has 1 amide bonds. The smallest absolute Gasteiger partial charge is 0.409 e. The van der Waals surface area contributed by atoms with E-state index in [9.17, 15) is 4.79 Å². The Morgan fingerprint density at radius 3 is 2.80 bits per heavy atom. The molecule has 1 aliphatic heterocycles. The molecule has 2 aliphatic rings. The number of amides is 1. The number of aryl methyl sites for hydroxylation is 1. The van der Waals surface area contributed by atoms with Crippen LogP contribution < -0.4 is 0 Å². The highest BCUT2D eigenvalue weighted by Crippen LogP contribution is 2.37. The summed E-state index contributed by atoms with van der Waals surface area (Å²) in [6.07, 6.45) is 4.25. The predicted octanol–water partition coefficient (Wildman–Crippen LogP) is 3.29. The van der Waals surface area contributed by atoms with E-state index in [1.165, 1.54) is 29.5 Å². The molecule has 1 aromatic carbocycles. The van der Waals surface area contributed by atoms with Gasteiger partial charge in [-0.25, -0.2) is 4.79 Å². The zero-order valence-electron chi connectivity index (χ0n) is 12.4. The van der Waals surface area contributed by atoms with Crippen LogP contribution in [0.2, 0.25) is 0 Å². The monoisotopic (exact) mass is 273 g/mol. The largest absolute Gasteiger partial charge is 0.450 e. The van der Waals surface area contributed by atoms with Crippen molar-refractivity contribution in [1.29, 1.82) is 0 Å². The van der Waals surface area contributed by atoms with Gasteiger partial charge >= 0.3 is 6.09 Å². The molecule has 1 aromatic rings. The van der Waals surface area contributed by atoms with Crippen LogP contribution in [-0.2, 0) is 24.0 Å². The molecule has 1 atom stereocenters. The minimum atomic E-state index is -0.162. The van der Waals surface area contributed by atoms with Gasteiger partial charge in [-0.1, -0.05) is 19.1 Å². The third-order valence-electron chi connectivity index (χ3n) is 4.69. The average Bonchev–Trinajstić information content (AvgIpc) is 2.70. The summed E-state index contributed by atoms with van der Waals surface area (Å²) in [6.45, 7) is 6.21. The standard InChI is InChI=1S/C17H23NO2/c1-3-20-17(19)18-10-8-13-6-7-14-5-4-12(2)16(14)15(13)9-11-18/h6-7,12H,3-5,8-11H2,1-2H3. The molecule has 3 rings (SSSR count). The number of nitrogens with zero attached hydrogens (tertiary/aromatic N) is 1. The fourth-order valence-electron chi connectivity index (χ4n) is 3.65. The van der Waals surface area contributed by atoms with Gasteiger partial charge in [0.05, 0.1) is 6.61 Å². The number of carbonyl (C=O) groups is 1. The van der Waals surface area contributed by atoms with Gasteiger partial charge in [0.15, 0.2) is 0 Å². The van der Waals surface area contributed by atoms with Crippen molar-refractivity contribution < 1.29 is 9.53 Å². The first-order valence-corrected chi connectivity index (χ1v) is 7.76. The number of hydrogen-bond donors (Lipinski definition) is 0. The van der Waals surface area contributed by atoms with Crippen molar-refractivity contribution in [2.24, 2.45) is 0 Å². The number of carbonyl (C=O) groups excluding carboxylic acids is 1. The highest BCUT2D eigenvalue weighted by atomic mass is 16.6. The van der Waals surface area contributed by atoms with Crippen molar-refractivity contribution in [2.75, 3.05) is 19.7 Å². The summed E-state index contributed by atoms with van der Waals surface area (Å²) in [5.74, 6) is 0.675. The Balaban J connectivity index is 1.85. The molecular weight excluding hydrogens is 250 g/mol. The lowest BCUT2D eigenvalue weighted by atomic mass is 9.90. The quantitative estimate of drug-likeness (QED) is 0.785. The van der Waals surface area contributed by atoms with Crippen molar-refractivity contribution in [3.8, 4) is 0 Å². The molecule has 1 unspecified atom stereocenters. The van der Waals surface area contributed by atoms with Crippen molar-refractivity contribution in [1.82, 2.24) is 4.90 Å². The van der Waals surface area contributed by atoms with E-state index in [1.807, 2.05) is 11.8 Å². The lowest BCUT2D eigenvalue weighted by Crippen LogP contribution is -2.33. The summed E-state index contributed by atoms with van der Waals surface area (Å²) in [5.41, 5.74) is 6.05. The fraction of sp³-hybridized carbons (Fsp3) is 0.588. The molecule has 0 fully saturated rings. The van der Waals surface area contributed by atoms with Crippen LogP contribution in [0.4, 0.5) is 4.79 Å². The molecule has 3 nitrogen and oxygen atoms in total. The van der Waals surface area contributed by atoms with Gasteiger partial charge in [-0.3, -0.25) is 0 Å². The maximum Gasteiger partial charge on any atom is 0.409 e. The predicted molar refractivity (Wildman–Crippen MR) is 79.2 cm³/mol. The Hall–Kier alpha value is -1.51. The first-order valence-electron chi connectivity index (χ1n) is 7.76. The SMILES string of the molecule is CCOC(=O)N1CCc2ccc3c(c2CC1)C(C)CC3. The fourth-order valence-corrected chi connectivity index (χ4v) is 3.65. The van der Waals surface area contributed by atoms with E-state index in [0.717, 1.165) is 25.9 Å². The summed E-state index contributed by atoms with van der Waals surface area (Å²) < 4.78 is 5.14. The Kier molecular flexibility index (Phi) is 3.68. The second kappa shape index (κ2) is 5.47. The molecule has 3 heteroatoms. The average molecular weight is 273 g/mol. The molecule has 0 saturated heterocycles. The van der Waals surface area contributed by atoms with Crippen molar-refractivity contribution in [3.05, 3.63) is 34.4 Å².